The molecule has 1 aliphatic heterocycles. The molecule has 0 aliphatic carbocycles. The normalized spacial score (nSPS) is 13.7. The maximum absolute atomic E-state index is 13.4. The highest BCUT2D eigenvalue weighted by Crippen LogP contribution is 2.28. The molecule has 2 aromatic carbocycles. The number of para-hydroxylation sites is 2. The minimum absolute atomic E-state index is 0.128. The standard InChI is InChI=1S/C25H29FN6O2/c1-3-32-15-16-8-6-9-17(22(16)25(32)34)24(33)30-19(11-7-13-28-21(27)14-26)23-29-18-10-4-5-12-20(18)31(23)2/h4-6,8-10,12,19H,3,7,11,13-15H2,1-2H3,(H2,27,28)(H,30,33). The first-order valence-electron chi connectivity index (χ1n) is 11.4. The molecule has 0 bridgehead atoms. The molecular weight excluding hydrogens is 435 g/mol. The molecule has 8 nitrogen and oxygen atoms in total. The van der Waals surface area contributed by atoms with Gasteiger partial charge in [-0.3, -0.25) is 15.0 Å². The molecule has 4 rings (SSSR count). The molecule has 0 spiro atoms. The van der Waals surface area contributed by atoms with Crippen molar-refractivity contribution in [1.29, 1.82) is 5.41 Å². The molecule has 1 aliphatic rings. The first kappa shape index (κ1) is 23.4. The Balaban J connectivity index is 1.61. The molecule has 9 heteroatoms. The maximum Gasteiger partial charge on any atom is 0.255 e. The second kappa shape index (κ2) is 10.0. The average molecular weight is 465 g/mol. The average Bonchev–Trinajstić information content (AvgIpc) is 3.37. The van der Waals surface area contributed by atoms with E-state index in [1.807, 2.05) is 48.9 Å². The minimum Gasteiger partial charge on any atom is -0.372 e. The molecule has 3 N–H and O–H groups in total. The van der Waals surface area contributed by atoms with E-state index in [2.05, 4.69) is 10.6 Å². The Morgan fingerprint density at radius 1 is 1.24 bits per heavy atom. The Kier molecular flexibility index (Phi) is 6.90. The molecular formula is C25H29FN6O2. The van der Waals surface area contributed by atoms with Crippen LogP contribution >= 0.6 is 0 Å². The van der Waals surface area contributed by atoms with Crippen LogP contribution in [0.5, 0.6) is 0 Å². The lowest BCUT2D eigenvalue weighted by Crippen LogP contribution is -2.33. The van der Waals surface area contributed by atoms with Gasteiger partial charge in [0.05, 0.1) is 28.2 Å². The Morgan fingerprint density at radius 3 is 2.76 bits per heavy atom. The zero-order chi connectivity index (χ0) is 24.2. The van der Waals surface area contributed by atoms with E-state index in [0.717, 1.165) is 16.6 Å². The molecule has 0 saturated heterocycles. The van der Waals surface area contributed by atoms with Gasteiger partial charge >= 0.3 is 0 Å². The Hall–Kier alpha value is -3.75. The predicted octanol–water partition coefficient (Wildman–Crippen LogP) is 3.34. The van der Waals surface area contributed by atoms with E-state index in [4.69, 9.17) is 10.4 Å². The van der Waals surface area contributed by atoms with E-state index in [0.29, 0.717) is 49.4 Å². The van der Waals surface area contributed by atoms with Gasteiger partial charge in [0.2, 0.25) is 0 Å². The van der Waals surface area contributed by atoms with Gasteiger partial charge in [0, 0.05) is 26.7 Å². The molecule has 0 saturated carbocycles. The first-order valence-corrected chi connectivity index (χ1v) is 11.4. The molecule has 1 unspecified atom stereocenters. The fourth-order valence-electron chi connectivity index (χ4n) is 4.43. The molecule has 178 valence electrons. The topological polar surface area (TPSA) is 103 Å². The van der Waals surface area contributed by atoms with Gasteiger partial charge in [0.25, 0.3) is 11.8 Å². The number of aromatic nitrogens is 2. The number of nitrogens with one attached hydrogen (secondary N) is 3. The SMILES string of the molecule is CCN1Cc2cccc(C(=O)NC(CCCNC(=N)CF)c3nc4ccccc4n3C)c2C1=O. The summed E-state index contributed by atoms with van der Waals surface area (Å²) in [6.45, 7) is 2.57. The molecule has 1 aromatic heterocycles. The third-order valence-corrected chi connectivity index (χ3v) is 6.22. The number of halogens is 1. The van der Waals surface area contributed by atoms with E-state index in [1.165, 1.54) is 0 Å². The minimum atomic E-state index is -0.840. The third-order valence-electron chi connectivity index (χ3n) is 6.22. The number of hydrogen-bond donors (Lipinski definition) is 3. The highest BCUT2D eigenvalue weighted by Gasteiger charge is 2.32. The Labute approximate surface area is 197 Å². The number of nitrogens with zero attached hydrogens (tertiary/aromatic N) is 3. The van der Waals surface area contributed by atoms with Crippen LogP contribution in [-0.2, 0) is 13.6 Å². The van der Waals surface area contributed by atoms with Crippen LogP contribution in [0.3, 0.4) is 0 Å². The van der Waals surface area contributed by atoms with Crippen molar-refractivity contribution in [3.63, 3.8) is 0 Å². The van der Waals surface area contributed by atoms with Crippen molar-refractivity contribution in [2.45, 2.75) is 32.4 Å². The second-order valence-corrected chi connectivity index (χ2v) is 8.38. The molecule has 1 atom stereocenters. The fraction of sp³-hybridized carbons (Fsp3) is 0.360. The monoisotopic (exact) mass is 464 g/mol. The van der Waals surface area contributed by atoms with E-state index in [-0.39, 0.29) is 17.6 Å². The summed E-state index contributed by atoms with van der Waals surface area (Å²) in [7, 11) is 1.91. The van der Waals surface area contributed by atoms with Crippen molar-refractivity contribution in [3.05, 3.63) is 65.0 Å². The largest absolute Gasteiger partial charge is 0.372 e. The lowest BCUT2D eigenvalue weighted by molar-refractivity contribution is 0.0780. The summed E-state index contributed by atoms with van der Waals surface area (Å²) in [6, 6.07) is 12.7. The number of aryl methyl sites for hydroxylation is 1. The van der Waals surface area contributed by atoms with Crippen LogP contribution in [-0.4, -0.2) is 51.9 Å². The van der Waals surface area contributed by atoms with Gasteiger partial charge < -0.3 is 20.1 Å². The van der Waals surface area contributed by atoms with Crippen LogP contribution in [0.25, 0.3) is 11.0 Å². The number of benzene rings is 2. The lowest BCUT2D eigenvalue weighted by atomic mass is 10.0. The summed E-state index contributed by atoms with van der Waals surface area (Å²) in [5.74, 6) is 0.0764. The Morgan fingerprint density at radius 2 is 2.03 bits per heavy atom. The predicted molar refractivity (Wildman–Crippen MR) is 129 cm³/mol. The van der Waals surface area contributed by atoms with E-state index < -0.39 is 12.7 Å². The van der Waals surface area contributed by atoms with E-state index in [9.17, 15) is 14.0 Å². The number of rotatable bonds is 9. The van der Waals surface area contributed by atoms with Gasteiger partial charge in [-0.1, -0.05) is 24.3 Å². The number of fused-ring (bicyclic) bond motifs is 2. The lowest BCUT2D eigenvalue weighted by Gasteiger charge is -2.20. The number of alkyl halides is 1. The smallest absolute Gasteiger partial charge is 0.255 e. The van der Waals surface area contributed by atoms with Gasteiger partial charge in [-0.05, 0) is 43.5 Å². The fourth-order valence-corrected chi connectivity index (χ4v) is 4.43. The number of carbonyl (C=O) groups excluding carboxylic acids is 2. The molecule has 2 amide bonds. The van der Waals surface area contributed by atoms with Gasteiger partial charge in [-0.25, -0.2) is 9.37 Å². The van der Waals surface area contributed by atoms with Gasteiger partial charge in [0.1, 0.15) is 18.3 Å². The molecule has 2 heterocycles. The van der Waals surface area contributed by atoms with Crippen LogP contribution in [0.2, 0.25) is 0 Å². The highest BCUT2D eigenvalue weighted by molar-refractivity contribution is 6.09. The van der Waals surface area contributed by atoms with Gasteiger partial charge in [-0.15, -0.1) is 0 Å². The summed E-state index contributed by atoms with van der Waals surface area (Å²) in [6.07, 6.45) is 1.12. The molecule has 34 heavy (non-hydrogen) atoms. The van der Waals surface area contributed by atoms with Gasteiger partial charge in [-0.2, -0.15) is 0 Å². The maximum atomic E-state index is 13.4. The summed E-state index contributed by atoms with van der Waals surface area (Å²) in [4.78, 5) is 32.7. The van der Waals surface area contributed by atoms with E-state index >= 15 is 0 Å². The Bertz CT molecular complexity index is 1240. The van der Waals surface area contributed by atoms with Crippen molar-refractivity contribution < 1.29 is 14.0 Å². The van der Waals surface area contributed by atoms with Gasteiger partial charge in [0.15, 0.2) is 0 Å². The van der Waals surface area contributed by atoms with Crippen molar-refractivity contribution >= 4 is 28.7 Å². The number of hydrogen-bond acceptors (Lipinski definition) is 4. The van der Waals surface area contributed by atoms with E-state index in [1.54, 1.807) is 17.0 Å². The first-order chi connectivity index (χ1) is 16.4. The number of carbonyl (C=O) groups is 2. The zero-order valence-electron chi connectivity index (χ0n) is 19.4. The molecule has 0 radical (unpaired) electrons. The summed E-state index contributed by atoms with van der Waals surface area (Å²) in [5.41, 5.74) is 3.45. The third kappa shape index (κ3) is 4.50. The van der Waals surface area contributed by atoms with Crippen LogP contribution in [0, 0.1) is 5.41 Å². The van der Waals surface area contributed by atoms with Crippen LogP contribution < -0.4 is 10.6 Å². The van der Waals surface area contributed by atoms with Crippen molar-refractivity contribution in [3.8, 4) is 0 Å². The van der Waals surface area contributed by atoms with Crippen molar-refractivity contribution in [1.82, 2.24) is 25.1 Å². The number of amides is 2. The highest BCUT2D eigenvalue weighted by atomic mass is 19.1. The quantitative estimate of drug-likeness (QED) is 0.257. The molecule has 3 aromatic rings. The van der Waals surface area contributed by atoms with Crippen molar-refractivity contribution in [2.24, 2.45) is 7.05 Å². The summed E-state index contributed by atoms with van der Waals surface area (Å²) >= 11 is 0. The van der Waals surface area contributed by atoms with Crippen LogP contribution in [0.15, 0.2) is 42.5 Å². The second-order valence-electron chi connectivity index (χ2n) is 8.38. The zero-order valence-corrected chi connectivity index (χ0v) is 19.4. The molecule has 0 fully saturated rings. The van der Waals surface area contributed by atoms with Crippen LogP contribution in [0.1, 0.15) is 57.9 Å². The number of imidazole rings is 1. The summed E-state index contributed by atoms with van der Waals surface area (Å²) in [5, 5.41) is 13.3. The number of amidine groups is 1. The summed E-state index contributed by atoms with van der Waals surface area (Å²) < 4.78 is 14.5. The van der Waals surface area contributed by atoms with Crippen LogP contribution in [0.4, 0.5) is 4.39 Å². The van der Waals surface area contributed by atoms with Crippen molar-refractivity contribution in [2.75, 3.05) is 19.8 Å².